The van der Waals surface area contributed by atoms with Crippen LogP contribution in [-0.2, 0) is 12.0 Å². The minimum Gasteiger partial charge on any atom is -0.307 e. The lowest BCUT2D eigenvalue weighted by Crippen LogP contribution is -2.18. The molecule has 4 aromatic rings. The Labute approximate surface area is 146 Å². The molecule has 6 heteroatoms. The van der Waals surface area contributed by atoms with Crippen molar-refractivity contribution in [1.82, 2.24) is 29.5 Å². The molecular formula is C19H20N6. The van der Waals surface area contributed by atoms with Crippen LogP contribution >= 0.6 is 0 Å². The van der Waals surface area contributed by atoms with E-state index >= 15 is 0 Å². The summed E-state index contributed by atoms with van der Waals surface area (Å²) in [5, 5.41) is 8.70. The van der Waals surface area contributed by atoms with Crippen molar-refractivity contribution in [3.63, 3.8) is 0 Å². The topological polar surface area (TPSA) is 61.4 Å². The van der Waals surface area contributed by atoms with Gasteiger partial charge in [0.05, 0.1) is 6.54 Å². The first-order chi connectivity index (χ1) is 12.0. The van der Waals surface area contributed by atoms with Crippen LogP contribution in [0.15, 0.2) is 54.9 Å². The molecule has 0 saturated carbocycles. The molecule has 3 heterocycles. The van der Waals surface area contributed by atoms with Gasteiger partial charge < -0.3 is 4.57 Å². The molecule has 0 saturated heterocycles. The molecule has 3 aromatic heterocycles. The molecule has 0 spiro atoms. The molecular weight excluding hydrogens is 312 g/mol. The van der Waals surface area contributed by atoms with Crippen LogP contribution in [0.4, 0.5) is 0 Å². The molecule has 0 atom stereocenters. The number of nitrogens with zero attached hydrogens (tertiary/aromatic N) is 6. The molecule has 1 aromatic carbocycles. The van der Waals surface area contributed by atoms with Gasteiger partial charge in [0.2, 0.25) is 0 Å². The van der Waals surface area contributed by atoms with E-state index in [0.717, 1.165) is 22.9 Å². The first kappa shape index (κ1) is 15.5. The van der Waals surface area contributed by atoms with Gasteiger partial charge in [-0.05, 0) is 17.7 Å². The quantitative estimate of drug-likeness (QED) is 0.577. The monoisotopic (exact) mass is 332 g/mol. The average Bonchev–Trinajstić information content (AvgIpc) is 3.24. The summed E-state index contributed by atoms with van der Waals surface area (Å²) in [7, 11) is 0. The first-order valence-corrected chi connectivity index (χ1v) is 8.31. The summed E-state index contributed by atoms with van der Waals surface area (Å²) < 4.78 is 3.80. The molecule has 0 N–H and O–H groups in total. The normalized spacial score (nSPS) is 12.0. The van der Waals surface area contributed by atoms with Crippen LogP contribution in [-0.4, -0.2) is 29.5 Å². The van der Waals surface area contributed by atoms with Crippen molar-refractivity contribution in [3.8, 4) is 5.82 Å². The molecule has 0 radical (unpaired) electrons. The van der Waals surface area contributed by atoms with Crippen molar-refractivity contribution in [2.45, 2.75) is 32.7 Å². The van der Waals surface area contributed by atoms with E-state index in [4.69, 9.17) is 9.97 Å². The third kappa shape index (κ3) is 2.91. The number of aromatic nitrogens is 6. The fourth-order valence-corrected chi connectivity index (χ4v) is 2.70. The van der Waals surface area contributed by atoms with E-state index in [9.17, 15) is 0 Å². The largest absolute Gasteiger partial charge is 0.307 e. The Morgan fingerprint density at radius 3 is 2.32 bits per heavy atom. The zero-order valence-electron chi connectivity index (χ0n) is 14.6. The fourth-order valence-electron chi connectivity index (χ4n) is 2.70. The van der Waals surface area contributed by atoms with Crippen molar-refractivity contribution in [3.05, 3.63) is 66.2 Å². The van der Waals surface area contributed by atoms with Crippen molar-refractivity contribution >= 4 is 11.2 Å². The zero-order valence-corrected chi connectivity index (χ0v) is 14.6. The predicted octanol–water partition coefficient (Wildman–Crippen LogP) is 3.36. The summed E-state index contributed by atoms with van der Waals surface area (Å²) >= 11 is 0. The van der Waals surface area contributed by atoms with Gasteiger partial charge in [0.25, 0.3) is 0 Å². The lowest BCUT2D eigenvalue weighted by atomic mass is 9.96. The second-order valence-electron chi connectivity index (χ2n) is 7.12. The Balaban J connectivity index is 1.91. The highest BCUT2D eigenvalue weighted by Crippen LogP contribution is 2.24. The van der Waals surface area contributed by atoms with E-state index in [1.54, 1.807) is 0 Å². The smallest absolute Gasteiger partial charge is 0.184 e. The zero-order chi connectivity index (χ0) is 17.4. The first-order valence-electron chi connectivity index (χ1n) is 8.31. The molecule has 0 aliphatic heterocycles. The highest BCUT2D eigenvalue weighted by Gasteiger charge is 2.23. The van der Waals surface area contributed by atoms with E-state index in [1.807, 2.05) is 52.0 Å². The Bertz CT molecular complexity index is 994. The Morgan fingerprint density at radius 2 is 1.64 bits per heavy atom. The van der Waals surface area contributed by atoms with Crippen molar-refractivity contribution in [1.29, 1.82) is 0 Å². The number of rotatable bonds is 3. The fraction of sp³-hybridized carbons (Fsp3) is 0.263. The van der Waals surface area contributed by atoms with Gasteiger partial charge in [-0.1, -0.05) is 56.3 Å². The van der Waals surface area contributed by atoms with Crippen LogP contribution in [0.3, 0.4) is 0 Å². The Kier molecular flexibility index (Phi) is 3.60. The number of fused-ring (bicyclic) bond motifs is 1. The summed E-state index contributed by atoms with van der Waals surface area (Å²) in [6, 6.07) is 14.1. The lowest BCUT2D eigenvalue weighted by molar-refractivity contribution is 0.544. The predicted molar refractivity (Wildman–Crippen MR) is 96.7 cm³/mol. The van der Waals surface area contributed by atoms with Crippen LogP contribution in [0.2, 0.25) is 0 Å². The van der Waals surface area contributed by atoms with Gasteiger partial charge >= 0.3 is 0 Å². The minimum absolute atomic E-state index is 0.169. The second-order valence-corrected chi connectivity index (χ2v) is 7.12. The van der Waals surface area contributed by atoms with E-state index < -0.39 is 0 Å². The SMILES string of the molecule is CC(C)(C)c1nc(-n2cccc2)c2nnn(Cc3ccccc3)c2n1. The third-order valence-corrected chi connectivity index (χ3v) is 4.04. The van der Waals surface area contributed by atoms with Gasteiger partial charge in [-0.15, -0.1) is 5.10 Å². The van der Waals surface area contributed by atoms with E-state index in [0.29, 0.717) is 12.1 Å². The molecule has 0 aliphatic carbocycles. The summed E-state index contributed by atoms with van der Waals surface area (Å²) in [4.78, 5) is 9.56. The van der Waals surface area contributed by atoms with Gasteiger partial charge in [-0.25, -0.2) is 14.6 Å². The third-order valence-electron chi connectivity index (χ3n) is 4.04. The van der Waals surface area contributed by atoms with Gasteiger partial charge in [-0.2, -0.15) is 0 Å². The Hall–Kier alpha value is -3.02. The lowest BCUT2D eigenvalue weighted by Gasteiger charge is -2.17. The molecule has 0 amide bonds. The van der Waals surface area contributed by atoms with Crippen LogP contribution in [0.1, 0.15) is 32.2 Å². The maximum absolute atomic E-state index is 4.79. The van der Waals surface area contributed by atoms with Crippen LogP contribution < -0.4 is 0 Å². The molecule has 0 unspecified atom stereocenters. The number of hydrogen-bond acceptors (Lipinski definition) is 4. The second kappa shape index (κ2) is 5.81. The molecule has 6 nitrogen and oxygen atoms in total. The van der Waals surface area contributed by atoms with Gasteiger partial charge in [-0.3, -0.25) is 0 Å². The summed E-state index contributed by atoms with van der Waals surface area (Å²) in [5.41, 5.74) is 2.46. The molecule has 126 valence electrons. The maximum atomic E-state index is 4.79. The standard InChI is InChI=1S/C19H20N6/c1-19(2,3)18-20-16(24-11-7-8-12-24)15-17(21-18)25(23-22-15)13-14-9-5-4-6-10-14/h4-12H,13H2,1-3H3. The van der Waals surface area contributed by atoms with Crippen molar-refractivity contribution in [2.75, 3.05) is 0 Å². The minimum atomic E-state index is -0.169. The summed E-state index contributed by atoms with van der Waals surface area (Å²) in [6.45, 7) is 6.96. The molecule has 0 aliphatic rings. The van der Waals surface area contributed by atoms with E-state index in [2.05, 4.69) is 43.2 Å². The highest BCUT2D eigenvalue weighted by atomic mass is 15.4. The van der Waals surface area contributed by atoms with Crippen LogP contribution in [0.25, 0.3) is 17.0 Å². The number of benzene rings is 1. The molecule has 0 fully saturated rings. The van der Waals surface area contributed by atoms with Gasteiger partial charge in [0.15, 0.2) is 17.0 Å². The average molecular weight is 332 g/mol. The van der Waals surface area contributed by atoms with E-state index in [-0.39, 0.29) is 5.41 Å². The van der Waals surface area contributed by atoms with Gasteiger partial charge in [0, 0.05) is 17.8 Å². The summed E-state index contributed by atoms with van der Waals surface area (Å²) in [6.07, 6.45) is 3.93. The molecule has 0 bridgehead atoms. The van der Waals surface area contributed by atoms with Crippen LogP contribution in [0, 0.1) is 0 Å². The highest BCUT2D eigenvalue weighted by molar-refractivity contribution is 5.78. The molecule has 25 heavy (non-hydrogen) atoms. The Morgan fingerprint density at radius 1 is 0.920 bits per heavy atom. The van der Waals surface area contributed by atoms with Gasteiger partial charge in [0.1, 0.15) is 5.82 Å². The summed E-state index contributed by atoms with van der Waals surface area (Å²) in [5.74, 6) is 1.54. The van der Waals surface area contributed by atoms with Crippen LogP contribution in [0.5, 0.6) is 0 Å². The van der Waals surface area contributed by atoms with Crippen molar-refractivity contribution in [2.24, 2.45) is 0 Å². The molecule has 4 rings (SSSR count). The maximum Gasteiger partial charge on any atom is 0.184 e. The van der Waals surface area contributed by atoms with Crippen molar-refractivity contribution < 1.29 is 0 Å². The number of hydrogen-bond donors (Lipinski definition) is 0. The van der Waals surface area contributed by atoms with E-state index in [1.165, 1.54) is 0 Å².